The molecule has 2 aliphatic rings. The van der Waals surface area contributed by atoms with Crippen LogP contribution in [-0.4, -0.2) is 37.8 Å². The Balaban J connectivity index is 1.43. The van der Waals surface area contributed by atoms with E-state index in [9.17, 15) is 5.11 Å². The number of rotatable bonds is 8. The number of anilines is 2. The van der Waals surface area contributed by atoms with Gasteiger partial charge in [0, 0.05) is 47.2 Å². The quantitative estimate of drug-likeness (QED) is 0.289. The molecular weight excluding hydrogens is 446 g/mol. The van der Waals surface area contributed by atoms with Gasteiger partial charge in [-0.1, -0.05) is 51.2 Å². The van der Waals surface area contributed by atoms with Crippen LogP contribution in [0.4, 0.5) is 11.6 Å². The molecule has 6 heteroatoms. The van der Waals surface area contributed by atoms with Gasteiger partial charge in [0.1, 0.15) is 5.65 Å². The molecule has 3 aromatic rings. The van der Waals surface area contributed by atoms with Crippen LogP contribution in [0, 0.1) is 0 Å². The van der Waals surface area contributed by atoms with Crippen molar-refractivity contribution < 1.29 is 5.11 Å². The zero-order valence-electron chi connectivity index (χ0n) is 22.0. The number of fused-ring (bicyclic) bond motifs is 1. The van der Waals surface area contributed by atoms with E-state index in [4.69, 9.17) is 9.97 Å². The summed E-state index contributed by atoms with van der Waals surface area (Å²) in [6.45, 7) is 4.39. The highest BCUT2D eigenvalue weighted by Gasteiger charge is 2.24. The lowest BCUT2D eigenvalue weighted by molar-refractivity contribution is 0.111. The van der Waals surface area contributed by atoms with Crippen molar-refractivity contribution in [2.45, 2.75) is 115 Å². The maximum absolute atomic E-state index is 10.1. The van der Waals surface area contributed by atoms with Gasteiger partial charge in [-0.05, 0) is 69.6 Å². The Bertz CT molecular complexity index is 1110. The van der Waals surface area contributed by atoms with Crippen LogP contribution in [0.25, 0.3) is 22.2 Å². The van der Waals surface area contributed by atoms with Gasteiger partial charge in [-0.3, -0.25) is 0 Å². The van der Waals surface area contributed by atoms with Gasteiger partial charge in [0.05, 0.1) is 6.10 Å². The Hall–Kier alpha value is -2.60. The third-order valence-electron chi connectivity index (χ3n) is 8.15. The van der Waals surface area contributed by atoms with E-state index in [0.717, 1.165) is 49.6 Å². The van der Waals surface area contributed by atoms with Gasteiger partial charge in [-0.15, -0.1) is 0 Å². The van der Waals surface area contributed by atoms with Gasteiger partial charge in [-0.2, -0.15) is 4.98 Å². The summed E-state index contributed by atoms with van der Waals surface area (Å²) in [5.74, 6) is 0.702. The Kier molecular flexibility index (Phi) is 8.10. The molecule has 2 heterocycles. The first kappa shape index (κ1) is 25.1. The number of benzene rings is 1. The van der Waals surface area contributed by atoms with Crippen LogP contribution in [0.2, 0.25) is 0 Å². The van der Waals surface area contributed by atoms with Gasteiger partial charge >= 0.3 is 0 Å². The summed E-state index contributed by atoms with van der Waals surface area (Å²) >= 11 is 0. The SMILES string of the molecule is CCC[C@H](C)Nc1ncc2c(-c3ccc(NC4CCCCCC4)cc3)cn([C@H]3CC[C@H](O)CC3)c2n1. The van der Waals surface area contributed by atoms with Gasteiger partial charge in [0.15, 0.2) is 0 Å². The second kappa shape index (κ2) is 11.6. The number of hydrogen-bond donors (Lipinski definition) is 3. The molecule has 2 fully saturated rings. The van der Waals surface area contributed by atoms with Crippen molar-refractivity contribution in [2.24, 2.45) is 0 Å². The van der Waals surface area contributed by atoms with E-state index < -0.39 is 0 Å². The molecule has 1 atom stereocenters. The molecule has 0 unspecified atom stereocenters. The molecule has 194 valence electrons. The molecule has 0 radical (unpaired) electrons. The minimum Gasteiger partial charge on any atom is -0.393 e. The number of nitrogens with zero attached hydrogens (tertiary/aromatic N) is 3. The first-order valence-electron chi connectivity index (χ1n) is 14.3. The molecule has 2 aliphatic carbocycles. The maximum Gasteiger partial charge on any atom is 0.224 e. The predicted octanol–water partition coefficient (Wildman–Crippen LogP) is 7.31. The summed E-state index contributed by atoms with van der Waals surface area (Å²) in [6, 6.07) is 10.2. The summed E-state index contributed by atoms with van der Waals surface area (Å²) in [6.07, 6.45) is 17.9. The van der Waals surface area contributed by atoms with Crippen LogP contribution in [0.3, 0.4) is 0 Å². The Morgan fingerprint density at radius 3 is 2.42 bits per heavy atom. The molecule has 6 nitrogen and oxygen atoms in total. The number of hydrogen-bond acceptors (Lipinski definition) is 5. The molecule has 1 aromatic carbocycles. The average molecular weight is 490 g/mol. The van der Waals surface area contributed by atoms with Crippen LogP contribution < -0.4 is 10.6 Å². The largest absolute Gasteiger partial charge is 0.393 e. The Labute approximate surface area is 215 Å². The summed E-state index contributed by atoms with van der Waals surface area (Å²) in [7, 11) is 0. The summed E-state index contributed by atoms with van der Waals surface area (Å²) in [5, 5.41) is 18.4. The molecule has 0 amide bonds. The predicted molar refractivity (Wildman–Crippen MR) is 150 cm³/mol. The molecule has 0 aliphatic heterocycles. The van der Waals surface area contributed by atoms with E-state index in [1.165, 1.54) is 55.3 Å². The number of aliphatic hydroxyl groups excluding tert-OH is 1. The second-order valence-corrected chi connectivity index (χ2v) is 11.1. The second-order valence-electron chi connectivity index (χ2n) is 11.1. The molecule has 0 bridgehead atoms. The normalized spacial score (nSPS) is 22.3. The van der Waals surface area contributed by atoms with Gasteiger partial charge < -0.3 is 20.3 Å². The number of aromatic nitrogens is 3. The third kappa shape index (κ3) is 5.86. The van der Waals surface area contributed by atoms with Gasteiger partial charge in [0.25, 0.3) is 0 Å². The smallest absolute Gasteiger partial charge is 0.224 e. The first-order chi connectivity index (χ1) is 17.6. The topological polar surface area (TPSA) is 75.0 Å². The minimum absolute atomic E-state index is 0.169. The van der Waals surface area contributed by atoms with Crippen molar-refractivity contribution in [3.8, 4) is 11.1 Å². The van der Waals surface area contributed by atoms with Crippen LogP contribution in [0.15, 0.2) is 36.7 Å². The fourth-order valence-corrected chi connectivity index (χ4v) is 6.07. The fraction of sp³-hybridized carbons (Fsp3) is 0.600. The van der Waals surface area contributed by atoms with E-state index in [0.29, 0.717) is 24.1 Å². The molecular formula is C30H43N5O. The lowest BCUT2D eigenvalue weighted by Crippen LogP contribution is -2.21. The van der Waals surface area contributed by atoms with Crippen LogP contribution in [0.1, 0.15) is 96.9 Å². The summed E-state index contributed by atoms with van der Waals surface area (Å²) < 4.78 is 2.35. The molecule has 3 N–H and O–H groups in total. The minimum atomic E-state index is -0.169. The van der Waals surface area contributed by atoms with Crippen molar-refractivity contribution in [3.63, 3.8) is 0 Å². The van der Waals surface area contributed by atoms with Crippen molar-refractivity contribution in [1.82, 2.24) is 14.5 Å². The first-order valence-corrected chi connectivity index (χ1v) is 14.3. The molecule has 36 heavy (non-hydrogen) atoms. The summed E-state index contributed by atoms with van der Waals surface area (Å²) in [4.78, 5) is 9.71. The van der Waals surface area contributed by atoms with Crippen molar-refractivity contribution in [2.75, 3.05) is 10.6 Å². The van der Waals surface area contributed by atoms with E-state index >= 15 is 0 Å². The van der Waals surface area contributed by atoms with E-state index in [2.05, 4.69) is 59.5 Å². The summed E-state index contributed by atoms with van der Waals surface area (Å²) in [5.41, 5.74) is 4.59. The molecule has 2 aromatic heterocycles. The van der Waals surface area contributed by atoms with Crippen molar-refractivity contribution in [1.29, 1.82) is 0 Å². The number of nitrogens with one attached hydrogen (secondary N) is 2. The van der Waals surface area contributed by atoms with E-state index in [1.54, 1.807) is 0 Å². The maximum atomic E-state index is 10.1. The zero-order chi connectivity index (χ0) is 24.9. The highest BCUT2D eigenvalue weighted by molar-refractivity contribution is 5.94. The monoisotopic (exact) mass is 489 g/mol. The van der Waals surface area contributed by atoms with E-state index in [-0.39, 0.29) is 6.10 Å². The van der Waals surface area contributed by atoms with Gasteiger partial charge in [0.2, 0.25) is 5.95 Å². The molecule has 2 saturated carbocycles. The zero-order valence-corrected chi connectivity index (χ0v) is 22.0. The van der Waals surface area contributed by atoms with Crippen LogP contribution >= 0.6 is 0 Å². The highest BCUT2D eigenvalue weighted by atomic mass is 16.3. The Morgan fingerprint density at radius 2 is 1.72 bits per heavy atom. The van der Waals surface area contributed by atoms with Crippen molar-refractivity contribution in [3.05, 3.63) is 36.7 Å². The van der Waals surface area contributed by atoms with Crippen LogP contribution in [-0.2, 0) is 0 Å². The lowest BCUT2D eigenvalue weighted by atomic mass is 9.93. The van der Waals surface area contributed by atoms with Crippen molar-refractivity contribution >= 4 is 22.7 Å². The fourth-order valence-electron chi connectivity index (χ4n) is 6.07. The standard InChI is InChI=1S/C30H43N5O/c1-3-8-21(2)32-30-31-19-27-28(20-35(29(27)34-30)25-15-17-26(36)18-16-25)22-11-13-24(14-12-22)33-23-9-6-4-5-7-10-23/h11-14,19-21,23,25-26,33,36H,3-10,15-18H2,1-2H3,(H,31,32,34)/t21-,25-,26-/m0/s1. The lowest BCUT2D eigenvalue weighted by Gasteiger charge is -2.27. The number of aliphatic hydroxyl groups is 1. The van der Waals surface area contributed by atoms with E-state index in [1.807, 2.05) is 6.20 Å². The average Bonchev–Trinajstić information content (AvgIpc) is 3.06. The van der Waals surface area contributed by atoms with Crippen LogP contribution in [0.5, 0.6) is 0 Å². The molecule has 0 saturated heterocycles. The molecule has 0 spiro atoms. The van der Waals surface area contributed by atoms with Gasteiger partial charge in [-0.25, -0.2) is 4.98 Å². The highest BCUT2D eigenvalue weighted by Crippen LogP contribution is 2.37. The molecule has 5 rings (SSSR count). The third-order valence-corrected chi connectivity index (χ3v) is 8.15. The Morgan fingerprint density at radius 1 is 1.00 bits per heavy atom.